The van der Waals surface area contributed by atoms with Crippen molar-refractivity contribution in [2.45, 2.75) is 45.4 Å². The predicted molar refractivity (Wildman–Crippen MR) is 58.0 cm³/mol. The molecule has 0 bridgehead atoms. The molecule has 2 fully saturated rings. The molecule has 2 aliphatic carbocycles. The van der Waals surface area contributed by atoms with Gasteiger partial charge in [-0.25, -0.2) is 0 Å². The van der Waals surface area contributed by atoms with Crippen LogP contribution in [0, 0.1) is 17.3 Å². The zero-order chi connectivity index (χ0) is 10.2. The van der Waals surface area contributed by atoms with Crippen LogP contribution in [-0.2, 0) is 4.79 Å². The first kappa shape index (κ1) is 9.95. The van der Waals surface area contributed by atoms with E-state index in [1.807, 2.05) is 6.08 Å². The van der Waals surface area contributed by atoms with Gasteiger partial charge in [-0.3, -0.25) is 4.79 Å². The Labute approximate surface area is 86.6 Å². The third-order valence-electron chi connectivity index (χ3n) is 4.33. The maximum atomic E-state index is 11.9. The van der Waals surface area contributed by atoms with Crippen LogP contribution in [-0.4, -0.2) is 5.78 Å². The highest BCUT2D eigenvalue weighted by atomic mass is 16.1. The summed E-state index contributed by atoms with van der Waals surface area (Å²) in [6, 6.07) is 0. The van der Waals surface area contributed by atoms with Crippen LogP contribution in [0.4, 0.5) is 0 Å². The van der Waals surface area contributed by atoms with Gasteiger partial charge in [0.25, 0.3) is 0 Å². The Balaban J connectivity index is 2.13. The van der Waals surface area contributed by atoms with Gasteiger partial charge in [-0.05, 0) is 25.7 Å². The Morgan fingerprint density at radius 2 is 1.93 bits per heavy atom. The number of carbonyl (C=O) groups is 1. The Hall–Kier alpha value is -0.590. The molecule has 1 nitrogen and oxygen atoms in total. The number of fused-ring (bicyclic) bond motifs is 1. The van der Waals surface area contributed by atoms with E-state index in [-0.39, 0.29) is 5.41 Å². The average Bonchev–Trinajstić information content (AvgIpc) is 2.16. The Kier molecular flexibility index (Phi) is 2.50. The van der Waals surface area contributed by atoms with Crippen molar-refractivity contribution in [1.82, 2.24) is 0 Å². The van der Waals surface area contributed by atoms with E-state index in [1.165, 1.54) is 32.1 Å². The summed E-state index contributed by atoms with van der Waals surface area (Å²) in [5.74, 6) is 1.44. The minimum Gasteiger partial charge on any atom is -0.298 e. The van der Waals surface area contributed by atoms with Crippen molar-refractivity contribution in [1.29, 1.82) is 0 Å². The molecule has 0 unspecified atom stereocenters. The summed E-state index contributed by atoms with van der Waals surface area (Å²) in [6.45, 7) is 5.90. The zero-order valence-corrected chi connectivity index (χ0v) is 9.09. The summed E-state index contributed by atoms with van der Waals surface area (Å²) in [4.78, 5) is 11.9. The summed E-state index contributed by atoms with van der Waals surface area (Å²) in [5, 5.41) is 0. The normalized spacial score (nSPS) is 43.1. The molecular weight excluding hydrogens is 172 g/mol. The molecule has 14 heavy (non-hydrogen) atoms. The van der Waals surface area contributed by atoms with Crippen LogP contribution in [0.3, 0.4) is 0 Å². The molecule has 0 saturated heterocycles. The van der Waals surface area contributed by atoms with E-state index in [2.05, 4.69) is 13.5 Å². The van der Waals surface area contributed by atoms with Crippen molar-refractivity contribution in [3.63, 3.8) is 0 Å². The molecule has 0 spiro atoms. The molecule has 0 amide bonds. The lowest BCUT2D eigenvalue weighted by Crippen LogP contribution is -2.55. The van der Waals surface area contributed by atoms with Crippen molar-refractivity contribution >= 4 is 5.78 Å². The minimum absolute atomic E-state index is 0.179. The summed E-state index contributed by atoms with van der Waals surface area (Å²) in [7, 11) is 0. The molecule has 0 heterocycles. The highest BCUT2D eigenvalue weighted by Gasteiger charge is 2.55. The third kappa shape index (κ3) is 1.25. The second-order valence-corrected chi connectivity index (χ2v) is 5.06. The lowest BCUT2D eigenvalue weighted by Gasteiger charge is -2.51. The highest BCUT2D eigenvalue weighted by Crippen LogP contribution is 2.53. The standard InChI is InChI=1S/C13H20O/c1-3-13(2)11-9-7-5-4-6-8-10(11)12(13)14/h3,10-11H,1,4-9H2,2H3/t10-,11+,13+/m1/s1. The summed E-state index contributed by atoms with van der Waals surface area (Å²) in [6.07, 6.45) is 9.48. The maximum absolute atomic E-state index is 11.9. The maximum Gasteiger partial charge on any atom is 0.146 e. The molecule has 2 rings (SSSR count). The van der Waals surface area contributed by atoms with Crippen LogP contribution in [0.5, 0.6) is 0 Å². The van der Waals surface area contributed by atoms with E-state index in [0.717, 1.165) is 6.42 Å². The van der Waals surface area contributed by atoms with Gasteiger partial charge in [0, 0.05) is 11.3 Å². The summed E-state index contributed by atoms with van der Waals surface area (Å²) in [5.41, 5.74) is -0.179. The topological polar surface area (TPSA) is 17.1 Å². The molecule has 0 aromatic rings. The zero-order valence-electron chi connectivity index (χ0n) is 9.09. The van der Waals surface area contributed by atoms with Crippen LogP contribution in [0.15, 0.2) is 12.7 Å². The van der Waals surface area contributed by atoms with Crippen LogP contribution in [0.2, 0.25) is 0 Å². The van der Waals surface area contributed by atoms with Gasteiger partial charge in [-0.15, -0.1) is 6.58 Å². The number of allylic oxidation sites excluding steroid dienone is 1. The first-order valence-corrected chi connectivity index (χ1v) is 5.88. The number of Topliss-reactive ketones (excluding diaryl/α,β-unsaturated/α-hetero) is 1. The van der Waals surface area contributed by atoms with E-state index in [0.29, 0.717) is 17.6 Å². The van der Waals surface area contributed by atoms with Gasteiger partial charge in [0.1, 0.15) is 5.78 Å². The number of ketones is 1. The largest absolute Gasteiger partial charge is 0.298 e. The summed E-state index contributed by atoms with van der Waals surface area (Å²) < 4.78 is 0. The fraction of sp³-hybridized carbons (Fsp3) is 0.769. The molecule has 2 saturated carbocycles. The van der Waals surface area contributed by atoms with Gasteiger partial charge in [-0.1, -0.05) is 31.8 Å². The molecule has 1 heteroatoms. The van der Waals surface area contributed by atoms with E-state index < -0.39 is 0 Å². The average molecular weight is 192 g/mol. The predicted octanol–water partition coefficient (Wildman–Crippen LogP) is 3.35. The first-order chi connectivity index (χ1) is 6.70. The smallest absolute Gasteiger partial charge is 0.146 e. The molecule has 78 valence electrons. The summed E-state index contributed by atoms with van der Waals surface area (Å²) >= 11 is 0. The van der Waals surface area contributed by atoms with Crippen LogP contribution in [0.25, 0.3) is 0 Å². The molecule has 0 aromatic heterocycles. The quantitative estimate of drug-likeness (QED) is 0.582. The van der Waals surface area contributed by atoms with Crippen molar-refractivity contribution < 1.29 is 4.79 Å². The van der Waals surface area contributed by atoms with Crippen LogP contribution >= 0.6 is 0 Å². The highest BCUT2D eigenvalue weighted by molar-refractivity contribution is 5.95. The molecule has 0 N–H and O–H groups in total. The lowest BCUT2D eigenvalue weighted by atomic mass is 9.50. The van der Waals surface area contributed by atoms with Crippen molar-refractivity contribution in [3.8, 4) is 0 Å². The first-order valence-electron chi connectivity index (χ1n) is 5.88. The number of hydrogen-bond acceptors (Lipinski definition) is 1. The Morgan fingerprint density at radius 1 is 1.29 bits per heavy atom. The van der Waals surface area contributed by atoms with E-state index in [9.17, 15) is 4.79 Å². The molecule has 0 radical (unpaired) electrons. The third-order valence-corrected chi connectivity index (χ3v) is 4.33. The van der Waals surface area contributed by atoms with Crippen molar-refractivity contribution in [3.05, 3.63) is 12.7 Å². The fourth-order valence-electron chi connectivity index (χ4n) is 3.25. The monoisotopic (exact) mass is 192 g/mol. The van der Waals surface area contributed by atoms with Crippen LogP contribution in [0.1, 0.15) is 45.4 Å². The van der Waals surface area contributed by atoms with Crippen molar-refractivity contribution in [2.75, 3.05) is 0 Å². The Morgan fingerprint density at radius 3 is 2.57 bits per heavy atom. The van der Waals surface area contributed by atoms with E-state index in [1.54, 1.807) is 0 Å². The van der Waals surface area contributed by atoms with Crippen LogP contribution < -0.4 is 0 Å². The molecule has 2 aliphatic rings. The van der Waals surface area contributed by atoms with Gasteiger partial charge in [0.2, 0.25) is 0 Å². The van der Waals surface area contributed by atoms with Gasteiger partial charge < -0.3 is 0 Å². The SMILES string of the molecule is C=C[C@]1(C)C(=O)[C@@H]2CCCCCC[C@@H]21. The van der Waals surface area contributed by atoms with Gasteiger partial charge in [0.15, 0.2) is 0 Å². The number of hydrogen-bond donors (Lipinski definition) is 0. The van der Waals surface area contributed by atoms with Gasteiger partial charge in [-0.2, -0.15) is 0 Å². The minimum atomic E-state index is -0.179. The lowest BCUT2D eigenvalue weighted by molar-refractivity contribution is -0.151. The second-order valence-electron chi connectivity index (χ2n) is 5.06. The molecular formula is C13H20O. The molecule has 0 aromatic carbocycles. The second kappa shape index (κ2) is 3.52. The molecule has 3 atom stereocenters. The number of carbonyl (C=O) groups excluding carboxylic acids is 1. The number of rotatable bonds is 1. The van der Waals surface area contributed by atoms with Gasteiger partial charge >= 0.3 is 0 Å². The fourth-order valence-corrected chi connectivity index (χ4v) is 3.25. The Bertz CT molecular complexity index is 256. The van der Waals surface area contributed by atoms with E-state index in [4.69, 9.17) is 0 Å². The van der Waals surface area contributed by atoms with E-state index >= 15 is 0 Å². The molecule has 0 aliphatic heterocycles. The van der Waals surface area contributed by atoms with Crippen molar-refractivity contribution in [2.24, 2.45) is 17.3 Å². The van der Waals surface area contributed by atoms with Gasteiger partial charge in [0.05, 0.1) is 0 Å².